The van der Waals surface area contributed by atoms with Gasteiger partial charge in [-0.1, -0.05) is 12.1 Å². The van der Waals surface area contributed by atoms with Crippen molar-refractivity contribution in [1.29, 1.82) is 0 Å². The van der Waals surface area contributed by atoms with E-state index in [-0.39, 0.29) is 0 Å². The van der Waals surface area contributed by atoms with Crippen LogP contribution >= 0.6 is 0 Å². The first-order valence-electron chi connectivity index (χ1n) is 6.67. The molecule has 20 heavy (non-hydrogen) atoms. The van der Waals surface area contributed by atoms with Crippen LogP contribution in [0.1, 0.15) is 5.56 Å². The Labute approximate surface area is 118 Å². The number of anilines is 2. The van der Waals surface area contributed by atoms with Crippen LogP contribution in [-0.2, 0) is 6.54 Å². The SMILES string of the molecule is CNc1ccc(CN(C)c2ccc3nc[nH]c3c2)cc1. The highest BCUT2D eigenvalue weighted by Crippen LogP contribution is 2.20. The first-order chi connectivity index (χ1) is 9.76. The van der Waals surface area contributed by atoms with Gasteiger partial charge in [-0.2, -0.15) is 0 Å². The van der Waals surface area contributed by atoms with E-state index in [1.54, 1.807) is 6.33 Å². The topological polar surface area (TPSA) is 44.0 Å². The summed E-state index contributed by atoms with van der Waals surface area (Å²) in [5.41, 5.74) is 5.67. The molecule has 1 aromatic heterocycles. The number of aromatic amines is 1. The molecule has 102 valence electrons. The fraction of sp³-hybridized carbons (Fsp3) is 0.188. The number of H-pyrrole nitrogens is 1. The molecule has 0 aliphatic carbocycles. The first-order valence-corrected chi connectivity index (χ1v) is 6.67. The molecule has 0 atom stereocenters. The van der Waals surface area contributed by atoms with E-state index in [9.17, 15) is 0 Å². The number of imidazole rings is 1. The summed E-state index contributed by atoms with van der Waals surface area (Å²) in [6.45, 7) is 0.879. The Morgan fingerprint density at radius 3 is 2.70 bits per heavy atom. The lowest BCUT2D eigenvalue weighted by Crippen LogP contribution is -2.16. The molecule has 2 aromatic carbocycles. The second-order valence-corrected chi connectivity index (χ2v) is 4.91. The van der Waals surface area contributed by atoms with Crippen molar-refractivity contribution in [3.05, 3.63) is 54.4 Å². The van der Waals surface area contributed by atoms with Crippen molar-refractivity contribution in [3.63, 3.8) is 0 Å². The lowest BCUT2D eigenvalue weighted by Gasteiger charge is -2.19. The van der Waals surface area contributed by atoms with Crippen molar-refractivity contribution < 1.29 is 0 Å². The first kappa shape index (κ1) is 12.5. The molecular formula is C16H18N4. The molecule has 0 radical (unpaired) electrons. The molecule has 4 heteroatoms. The number of nitrogens with one attached hydrogen (secondary N) is 2. The third-order valence-corrected chi connectivity index (χ3v) is 3.51. The molecular weight excluding hydrogens is 248 g/mol. The van der Waals surface area contributed by atoms with Crippen molar-refractivity contribution >= 4 is 22.4 Å². The monoisotopic (exact) mass is 266 g/mol. The number of rotatable bonds is 4. The minimum atomic E-state index is 0.879. The zero-order chi connectivity index (χ0) is 13.9. The number of fused-ring (bicyclic) bond motifs is 1. The van der Waals surface area contributed by atoms with Crippen LogP contribution in [0.4, 0.5) is 11.4 Å². The summed E-state index contributed by atoms with van der Waals surface area (Å²) < 4.78 is 0. The van der Waals surface area contributed by atoms with Crippen LogP contribution < -0.4 is 10.2 Å². The zero-order valence-electron chi connectivity index (χ0n) is 11.7. The van der Waals surface area contributed by atoms with Crippen LogP contribution in [0.15, 0.2) is 48.8 Å². The standard InChI is InChI=1S/C16H18N4/c1-17-13-5-3-12(4-6-13)10-20(2)14-7-8-15-16(9-14)19-11-18-15/h3-9,11,17H,10H2,1-2H3,(H,18,19). The minimum absolute atomic E-state index is 0.879. The number of benzene rings is 2. The van der Waals surface area contributed by atoms with E-state index in [2.05, 4.69) is 63.6 Å². The molecule has 0 spiro atoms. The van der Waals surface area contributed by atoms with Gasteiger partial charge in [0.1, 0.15) is 0 Å². The molecule has 0 saturated heterocycles. The average Bonchev–Trinajstić information content (AvgIpc) is 2.95. The number of nitrogens with zero attached hydrogens (tertiary/aromatic N) is 2. The van der Waals surface area contributed by atoms with Gasteiger partial charge in [0.2, 0.25) is 0 Å². The van der Waals surface area contributed by atoms with Crippen molar-refractivity contribution in [2.24, 2.45) is 0 Å². The maximum absolute atomic E-state index is 4.24. The molecule has 2 N–H and O–H groups in total. The van der Waals surface area contributed by atoms with Crippen LogP contribution in [0.3, 0.4) is 0 Å². The van der Waals surface area contributed by atoms with Gasteiger partial charge in [-0.15, -0.1) is 0 Å². The van der Waals surface area contributed by atoms with Gasteiger partial charge in [-0.05, 0) is 35.9 Å². The summed E-state index contributed by atoms with van der Waals surface area (Å²) in [4.78, 5) is 9.62. The fourth-order valence-corrected chi connectivity index (χ4v) is 2.30. The normalized spacial score (nSPS) is 10.7. The minimum Gasteiger partial charge on any atom is -0.388 e. The second-order valence-electron chi connectivity index (χ2n) is 4.91. The highest BCUT2D eigenvalue weighted by molar-refractivity contribution is 5.78. The summed E-state index contributed by atoms with van der Waals surface area (Å²) in [5.74, 6) is 0. The quantitative estimate of drug-likeness (QED) is 0.762. The predicted molar refractivity (Wildman–Crippen MR) is 84.2 cm³/mol. The maximum atomic E-state index is 4.24. The molecule has 0 amide bonds. The van der Waals surface area contributed by atoms with Crippen LogP contribution in [0.5, 0.6) is 0 Å². The number of hydrogen-bond donors (Lipinski definition) is 2. The Bertz CT molecular complexity index is 700. The van der Waals surface area contributed by atoms with Crippen LogP contribution in [0, 0.1) is 0 Å². The molecule has 0 aliphatic rings. The van der Waals surface area contributed by atoms with Crippen molar-refractivity contribution in [3.8, 4) is 0 Å². The molecule has 3 rings (SSSR count). The highest BCUT2D eigenvalue weighted by Gasteiger charge is 2.04. The van der Waals surface area contributed by atoms with Gasteiger partial charge >= 0.3 is 0 Å². The van der Waals surface area contributed by atoms with Gasteiger partial charge in [0, 0.05) is 32.0 Å². The lowest BCUT2D eigenvalue weighted by molar-refractivity contribution is 0.924. The Hall–Kier alpha value is -2.49. The maximum Gasteiger partial charge on any atom is 0.0931 e. The third-order valence-electron chi connectivity index (χ3n) is 3.51. The summed E-state index contributed by atoms with van der Waals surface area (Å²) in [6.07, 6.45) is 1.73. The van der Waals surface area contributed by atoms with Crippen LogP contribution in [-0.4, -0.2) is 24.1 Å². The molecule has 3 aromatic rings. The van der Waals surface area contributed by atoms with Gasteiger partial charge in [0.15, 0.2) is 0 Å². The Morgan fingerprint density at radius 2 is 1.95 bits per heavy atom. The molecule has 0 saturated carbocycles. The summed E-state index contributed by atoms with van der Waals surface area (Å²) in [7, 11) is 4.03. The van der Waals surface area contributed by atoms with E-state index in [1.807, 2.05) is 13.1 Å². The molecule has 0 aliphatic heterocycles. The largest absolute Gasteiger partial charge is 0.388 e. The van der Waals surface area contributed by atoms with Crippen molar-refractivity contribution in [2.45, 2.75) is 6.54 Å². The van der Waals surface area contributed by atoms with Crippen molar-refractivity contribution in [1.82, 2.24) is 9.97 Å². The van der Waals surface area contributed by atoms with Crippen LogP contribution in [0.2, 0.25) is 0 Å². The summed E-state index contributed by atoms with van der Waals surface area (Å²) in [6, 6.07) is 14.8. The highest BCUT2D eigenvalue weighted by atomic mass is 15.1. The molecule has 4 nitrogen and oxygen atoms in total. The molecule has 1 heterocycles. The molecule has 0 fully saturated rings. The summed E-state index contributed by atoms with van der Waals surface area (Å²) in [5, 5.41) is 3.13. The molecule has 0 bridgehead atoms. The lowest BCUT2D eigenvalue weighted by atomic mass is 10.2. The fourth-order valence-electron chi connectivity index (χ4n) is 2.30. The smallest absolute Gasteiger partial charge is 0.0931 e. The van der Waals surface area contributed by atoms with E-state index < -0.39 is 0 Å². The summed E-state index contributed by atoms with van der Waals surface area (Å²) >= 11 is 0. The number of aromatic nitrogens is 2. The van der Waals surface area contributed by atoms with E-state index >= 15 is 0 Å². The Morgan fingerprint density at radius 1 is 1.15 bits per heavy atom. The van der Waals surface area contributed by atoms with E-state index in [4.69, 9.17) is 0 Å². The van der Waals surface area contributed by atoms with Gasteiger partial charge in [-0.3, -0.25) is 0 Å². The van der Waals surface area contributed by atoms with Gasteiger partial charge in [0.25, 0.3) is 0 Å². The van der Waals surface area contributed by atoms with E-state index in [0.717, 1.165) is 23.3 Å². The number of hydrogen-bond acceptors (Lipinski definition) is 3. The van der Waals surface area contributed by atoms with Gasteiger partial charge < -0.3 is 15.2 Å². The van der Waals surface area contributed by atoms with Gasteiger partial charge in [-0.25, -0.2) is 4.98 Å². The predicted octanol–water partition coefficient (Wildman–Crippen LogP) is 3.24. The Balaban J connectivity index is 1.78. The van der Waals surface area contributed by atoms with Crippen LogP contribution in [0.25, 0.3) is 11.0 Å². The van der Waals surface area contributed by atoms with E-state index in [1.165, 1.54) is 11.3 Å². The van der Waals surface area contributed by atoms with Crippen molar-refractivity contribution in [2.75, 3.05) is 24.3 Å². The average molecular weight is 266 g/mol. The van der Waals surface area contributed by atoms with Gasteiger partial charge in [0.05, 0.1) is 17.4 Å². The second kappa shape index (κ2) is 5.25. The zero-order valence-corrected chi connectivity index (χ0v) is 11.7. The third kappa shape index (κ3) is 2.45. The Kier molecular flexibility index (Phi) is 3.29. The van der Waals surface area contributed by atoms with E-state index in [0.29, 0.717) is 0 Å². The molecule has 0 unspecified atom stereocenters.